The first-order chi connectivity index (χ1) is 9.66. The van der Waals surface area contributed by atoms with Gasteiger partial charge in [0, 0.05) is 24.6 Å². The van der Waals surface area contributed by atoms with Crippen molar-refractivity contribution in [1.29, 1.82) is 0 Å². The van der Waals surface area contributed by atoms with Crippen molar-refractivity contribution < 1.29 is 9.59 Å². The molecule has 0 atom stereocenters. The fraction of sp³-hybridized carbons (Fsp3) is 0.0667. The number of rotatable bonds is 2. The average molecular weight is 267 g/mol. The molecule has 1 aliphatic heterocycles. The molecule has 100 valence electrons. The lowest BCUT2D eigenvalue weighted by molar-refractivity contribution is -0.121. The highest BCUT2D eigenvalue weighted by Crippen LogP contribution is 2.17. The van der Waals surface area contributed by atoms with Gasteiger partial charge in [-0.1, -0.05) is 18.2 Å². The van der Waals surface area contributed by atoms with Crippen LogP contribution in [-0.2, 0) is 4.79 Å². The van der Waals surface area contributed by atoms with Gasteiger partial charge >= 0.3 is 6.03 Å². The van der Waals surface area contributed by atoms with Gasteiger partial charge in [0.05, 0.1) is 0 Å². The zero-order valence-electron chi connectivity index (χ0n) is 10.9. The van der Waals surface area contributed by atoms with Gasteiger partial charge in [-0.15, -0.1) is 0 Å². The molecule has 0 bridgehead atoms. The van der Waals surface area contributed by atoms with E-state index in [2.05, 4.69) is 5.32 Å². The van der Waals surface area contributed by atoms with Crippen LogP contribution in [0.2, 0.25) is 0 Å². The molecule has 3 amide bonds. The minimum absolute atomic E-state index is 0.286. The van der Waals surface area contributed by atoms with Crippen LogP contribution >= 0.6 is 0 Å². The molecule has 2 aromatic rings. The largest absolute Gasteiger partial charge is 0.328 e. The van der Waals surface area contributed by atoms with Crippen LogP contribution in [0.3, 0.4) is 0 Å². The van der Waals surface area contributed by atoms with Crippen molar-refractivity contribution in [3.05, 3.63) is 60.1 Å². The molecule has 1 fully saturated rings. The summed E-state index contributed by atoms with van der Waals surface area (Å²) in [5.41, 5.74) is 2.11. The summed E-state index contributed by atoms with van der Waals surface area (Å²) >= 11 is 0. The second-order valence-corrected chi connectivity index (χ2v) is 4.49. The molecule has 1 aliphatic rings. The summed E-state index contributed by atoms with van der Waals surface area (Å²) < 4.78 is 1.95. The van der Waals surface area contributed by atoms with Crippen LogP contribution in [0.5, 0.6) is 0 Å². The Bertz CT molecular complexity index is 701. The van der Waals surface area contributed by atoms with Crippen molar-refractivity contribution in [2.45, 2.75) is 0 Å². The highest BCUT2D eigenvalue weighted by atomic mass is 16.2. The van der Waals surface area contributed by atoms with Gasteiger partial charge in [-0.05, 0) is 30.3 Å². The Morgan fingerprint density at radius 1 is 1.05 bits per heavy atom. The summed E-state index contributed by atoms with van der Waals surface area (Å²) in [6.07, 6.45) is 3.59. The van der Waals surface area contributed by atoms with Crippen molar-refractivity contribution >= 4 is 18.0 Å². The van der Waals surface area contributed by atoms with Crippen LogP contribution in [-0.4, -0.2) is 28.5 Å². The summed E-state index contributed by atoms with van der Waals surface area (Å²) in [5, 5.41) is 2.56. The van der Waals surface area contributed by atoms with E-state index in [1.165, 1.54) is 7.05 Å². The molecule has 0 saturated carbocycles. The van der Waals surface area contributed by atoms with E-state index in [4.69, 9.17) is 0 Å². The second-order valence-electron chi connectivity index (χ2n) is 4.49. The zero-order chi connectivity index (χ0) is 14.1. The maximum Gasteiger partial charge on any atom is 0.328 e. The van der Waals surface area contributed by atoms with E-state index >= 15 is 0 Å². The average Bonchev–Trinajstić information content (AvgIpc) is 3.02. The molecule has 2 heterocycles. The van der Waals surface area contributed by atoms with Gasteiger partial charge in [-0.3, -0.25) is 9.69 Å². The maximum absolute atomic E-state index is 11.9. The van der Waals surface area contributed by atoms with E-state index in [1.807, 2.05) is 53.2 Å². The van der Waals surface area contributed by atoms with Gasteiger partial charge in [0.2, 0.25) is 0 Å². The number of carbonyl (C=O) groups is 2. The molecule has 5 nitrogen and oxygen atoms in total. The monoisotopic (exact) mass is 267 g/mol. The third-order valence-electron chi connectivity index (χ3n) is 3.19. The summed E-state index contributed by atoms with van der Waals surface area (Å²) in [7, 11) is 1.45. The molecular weight excluding hydrogens is 254 g/mol. The first kappa shape index (κ1) is 12.2. The lowest BCUT2D eigenvalue weighted by atomic mass is 10.3. The molecule has 1 aromatic carbocycles. The van der Waals surface area contributed by atoms with Gasteiger partial charge in [-0.25, -0.2) is 4.79 Å². The summed E-state index contributed by atoms with van der Waals surface area (Å²) in [5.74, 6) is -0.323. The molecule has 0 unspecified atom stereocenters. The summed E-state index contributed by atoms with van der Waals surface area (Å²) in [6, 6.07) is 13.2. The van der Waals surface area contributed by atoms with Crippen LogP contribution in [0.25, 0.3) is 11.8 Å². The van der Waals surface area contributed by atoms with Crippen LogP contribution < -0.4 is 5.32 Å². The standard InChI is InChI=1S/C15H13N3O2/c1-17-14(19)13(16-15(17)20)10-12-8-5-9-18(12)11-6-3-2-4-7-11/h2-10H,1H3,(H,16,20)/b13-10+. The first-order valence-corrected chi connectivity index (χ1v) is 6.20. The van der Waals surface area contributed by atoms with E-state index in [1.54, 1.807) is 6.08 Å². The van der Waals surface area contributed by atoms with Gasteiger partial charge in [-0.2, -0.15) is 0 Å². The predicted octanol–water partition coefficient (Wildman–Crippen LogP) is 2.00. The number of aromatic nitrogens is 1. The van der Waals surface area contributed by atoms with E-state index in [0.29, 0.717) is 0 Å². The predicted molar refractivity (Wildman–Crippen MR) is 75.0 cm³/mol. The lowest BCUT2D eigenvalue weighted by Gasteiger charge is -2.06. The third-order valence-corrected chi connectivity index (χ3v) is 3.19. The number of para-hydroxylation sites is 1. The molecule has 20 heavy (non-hydrogen) atoms. The van der Waals surface area contributed by atoms with E-state index in [-0.39, 0.29) is 11.6 Å². The fourth-order valence-electron chi connectivity index (χ4n) is 2.11. The Kier molecular flexibility index (Phi) is 2.87. The molecule has 0 aliphatic carbocycles. The Morgan fingerprint density at radius 2 is 1.80 bits per heavy atom. The quantitative estimate of drug-likeness (QED) is 0.668. The van der Waals surface area contributed by atoms with E-state index in [9.17, 15) is 9.59 Å². The molecule has 1 saturated heterocycles. The Balaban J connectivity index is 2.00. The smallest absolute Gasteiger partial charge is 0.317 e. The number of hydrogen-bond acceptors (Lipinski definition) is 2. The number of carbonyl (C=O) groups excluding carboxylic acids is 2. The molecule has 5 heteroatoms. The second kappa shape index (κ2) is 4.70. The number of amides is 3. The van der Waals surface area contributed by atoms with Crippen molar-refractivity contribution in [2.24, 2.45) is 0 Å². The maximum atomic E-state index is 11.9. The number of benzene rings is 1. The van der Waals surface area contributed by atoms with Crippen molar-refractivity contribution in [1.82, 2.24) is 14.8 Å². The summed E-state index contributed by atoms with van der Waals surface area (Å²) in [6.45, 7) is 0. The fourth-order valence-corrected chi connectivity index (χ4v) is 2.11. The van der Waals surface area contributed by atoms with Gasteiger partial charge < -0.3 is 9.88 Å². The van der Waals surface area contributed by atoms with E-state index < -0.39 is 6.03 Å². The molecule has 3 rings (SSSR count). The topological polar surface area (TPSA) is 54.3 Å². The first-order valence-electron chi connectivity index (χ1n) is 6.20. The van der Waals surface area contributed by atoms with Crippen molar-refractivity contribution in [3.8, 4) is 5.69 Å². The van der Waals surface area contributed by atoms with Crippen molar-refractivity contribution in [3.63, 3.8) is 0 Å². The van der Waals surface area contributed by atoms with E-state index in [0.717, 1.165) is 16.3 Å². The van der Waals surface area contributed by atoms with Crippen LogP contribution in [0.1, 0.15) is 5.69 Å². The molecule has 0 radical (unpaired) electrons. The highest BCUT2D eigenvalue weighted by molar-refractivity contribution is 6.13. The normalized spacial score (nSPS) is 16.9. The van der Waals surface area contributed by atoms with Crippen LogP contribution in [0.15, 0.2) is 54.4 Å². The Hall–Kier alpha value is -2.82. The van der Waals surface area contributed by atoms with Gasteiger partial charge in [0.1, 0.15) is 5.70 Å². The number of hydrogen-bond donors (Lipinski definition) is 1. The SMILES string of the molecule is CN1C(=O)N/C(=C/c2cccn2-c2ccccc2)C1=O. The molecule has 1 N–H and O–H groups in total. The molecular formula is C15H13N3O2. The number of nitrogens with one attached hydrogen (secondary N) is 1. The van der Waals surface area contributed by atoms with Gasteiger partial charge in [0.15, 0.2) is 0 Å². The number of imide groups is 1. The Labute approximate surface area is 116 Å². The minimum atomic E-state index is -0.404. The number of nitrogens with zero attached hydrogens (tertiary/aromatic N) is 2. The number of likely N-dealkylation sites (N-methyl/N-ethyl adjacent to an activating group) is 1. The minimum Gasteiger partial charge on any atom is -0.317 e. The summed E-state index contributed by atoms with van der Waals surface area (Å²) in [4.78, 5) is 24.3. The Morgan fingerprint density at radius 3 is 2.45 bits per heavy atom. The van der Waals surface area contributed by atoms with Crippen LogP contribution in [0.4, 0.5) is 4.79 Å². The van der Waals surface area contributed by atoms with Crippen LogP contribution in [0, 0.1) is 0 Å². The lowest BCUT2D eigenvalue weighted by Crippen LogP contribution is -2.25. The third kappa shape index (κ3) is 1.99. The highest BCUT2D eigenvalue weighted by Gasteiger charge is 2.30. The van der Waals surface area contributed by atoms with Crippen molar-refractivity contribution in [2.75, 3.05) is 7.05 Å². The molecule has 0 spiro atoms. The number of urea groups is 1. The zero-order valence-corrected chi connectivity index (χ0v) is 10.9. The molecule has 1 aromatic heterocycles. The van der Waals surface area contributed by atoms with Gasteiger partial charge in [0.25, 0.3) is 5.91 Å².